The third kappa shape index (κ3) is 3.71. The highest BCUT2D eigenvalue weighted by molar-refractivity contribution is 7.90. The number of sulfone groups is 1. The number of rotatable bonds is 6. The normalized spacial score (nSPS) is 11.7. The van der Waals surface area contributed by atoms with Crippen LogP contribution in [0, 0.1) is 6.92 Å². The van der Waals surface area contributed by atoms with Crippen molar-refractivity contribution in [3.8, 4) is 0 Å². The van der Waals surface area contributed by atoms with Gasteiger partial charge < -0.3 is 9.73 Å². The van der Waals surface area contributed by atoms with Gasteiger partial charge in [0, 0.05) is 0 Å². The van der Waals surface area contributed by atoms with Crippen molar-refractivity contribution in [1.29, 1.82) is 0 Å². The lowest BCUT2D eigenvalue weighted by molar-refractivity contribution is 0.459. The molecular weight excluding hydrogens is 274 g/mol. The summed E-state index contributed by atoms with van der Waals surface area (Å²) in [4.78, 5) is 0.335. The van der Waals surface area contributed by atoms with Gasteiger partial charge in [-0.15, -0.1) is 0 Å². The van der Waals surface area contributed by atoms with E-state index in [9.17, 15) is 8.42 Å². The van der Waals surface area contributed by atoms with Gasteiger partial charge in [-0.2, -0.15) is 0 Å². The van der Waals surface area contributed by atoms with E-state index in [1.807, 2.05) is 26.0 Å². The SMILES string of the molecule is CCNCc1ccc(CS(=O)(=O)c2cccc(C)c2)o1. The van der Waals surface area contributed by atoms with Crippen molar-refractivity contribution in [2.75, 3.05) is 6.54 Å². The molecule has 2 aromatic rings. The maximum atomic E-state index is 12.3. The van der Waals surface area contributed by atoms with Crippen LogP contribution in [-0.2, 0) is 22.1 Å². The summed E-state index contributed by atoms with van der Waals surface area (Å²) >= 11 is 0. The van der Waals surface area contributed by atoms with E-state index < -0.39 is 9.84 Å². The van der Waals surface area contributed by atoms with E-state index in [0.29, 0.717) is 17.2 Å². The summed E-state index contributed by atoms with van der Waals surface area (Å²) in [6.07, 6.45) is 0. The van der Waals surface area contributed by atoms with Gasteiger partial charge in [0.2, 0.25) is 0 Å². The van der Waals surface area contributed by atoms with E-state index in [2.05, 4.69) is 5.32 Å². The van der Waals surface area contributed by atoms with E-state index in [1.165, 1.54) is 0 Å². The number of nitrogens with one attached hydrogen (secondary N) is 1. The molecule has 108 valence electrons. The van der Waals surface area contributed by atoms with Gasteiger partial charge in [-0.05, 0) is 43.3 Å². The molecule has 0 aliphatic heterocycles. The predicted octanol–water partition coefficient (Wildman–Crippen LogP) is 2.67. The highest BCUT2D eigenvalue weighted by Gasteiger charge is 2.17. The lowest BCUT2D eigenvalue weighted by Crippen LogP contribution is -2.10. The fourth-order valence-electron chi connectivity index (χ4n) is 1.92. The Morgan fingerprint density at radius 2 is 1.90 bits per heavy atom. The predicted molar refractivity (Wildman–Crippen MR) is 78.2 cm³/mol. The first kappa shape index (κ1) is 14.8. The topological polar surface area (TPSA) is 59.3 Å². The lowest BCUT2D eigenvalue weighted by Gasteiger charge is -2.03. The number of furan rings is 1. The third-order valence-electron chi connectivity index (χ3n) is 2.95. The second kappa shape index (κ2) is 6.24. The van der Waals surface area contributed by atoms with Crippen molar-refractivity contribution in [3.05, 3.63) is 53.5 Å². The first-order valence-corrected chi connectivity index (χ1v) is 8.24. The Balaban J connectivity index is 2.14. The molecule has 0 aliphatic rings. The van der Waals surface area contributed by atoms with Gasteiger partial charge in [0.25, 0.3) is 0 Å². The molecule has 0 fully saturated rings. The Kier molecular flexibility index (Phi) is 4.62. The molecule has 1 heterocycles. The molecule has 5 heteroatoms. The van der Waals surface area contributed by atoms with E-state index >= 15 is 0 Å². The van der Waals surface area contributed by atoms with Gasteiger partial charge in [0.05, 0.1) is 11.4 Å². The second-order valence-corrected chi connectivity index (χ2v) is 6.71. The minimum Gasteiger partial charge on any atom is -0.464 e. The molecule has 4 nitrogen and oxygen atoms in total. The van der Waals surface area contributed by atoms with E-state index in [1.54, 1.807) is 24.3 Å². The van der Waals surface area contributed by atoms with Crippen molar-refractivity contribution in [2.24, 2.45) is 0 Å². The van der Waals surface area contributed by atoms with Crippen molar-refractivity contribution < 1.29 is 12.8 Å². The molecule has 0 aliphatic carbocycles. The molecule has 1 aromatic carbocycles. The van der Waals surface area contributed by atoms with Crippen LogP contribution in [0.4, 0.5) is 0 Å². The maximum absolute atomic E-state index is 12.3. The van der Waals surface area contributed by atoms with Gasteiger partial charge in [0.15, 0.2) is 9.84 Å². The summed E-state index contributed by atoms with van der Waals surface area (Å²) in [6, 6.07) is 10.5. The smallest absolute Gasteiger partial charge is 0.185 e. The van der Waals surface area contributed by atoms with Crippen LogP contribution in [0.3, 0.4) is 0 Å². The molecule has 0 saturated heterocycles. The van der Waals surface area contributed by atoms with Crippen molar-refractivity contribution >= 4 is 9.84 Å². The second-order valence-electron chi connectivity index (χ2n) is 4.72. The molecule has 1 aromatic heterocycles. The Hall–Kier alpha value is -1.59. The van der Waals surface area contributed by atoms with Gasteiger partial charge in [-0.25, -0.2) is 8.42 Å². The zero-order chi connectivity index (χ0) is 14.6. The standard InChI is InChI=1S/C15H19NO3S/c1-3-16-10-13-7-8-14(19-13)11-20(17,18)15-6-4-5-12(2)9-15/h4-9,16H,3,10-11H2,1-2H3. The van der Waals surface area contributed by atoms with Gasteiger partial charge in [-0.1, -0.05) is 19.1 Å². The van der Waals surface area contributed by atoms with Crippen LogP contribution in [0.15, 0.2) is 45.7 Å². The molecule has 0 spiro atoms. The summed E-state index contributed by atoms with van der Waals surface area (Å²) in [6.45, 7) is 5.34. The molecule has 2 rings (SSSR count). The van der Waals surface area contributed by atoms with E-state index in [4.69, 9.17) is 4.42 Å². The molecule has 0 atom stereocenters. The highest BCUT2D eigenvalue weighted by atomic mass is 32.2. The van der Waals surface area contributed by atoms with Crippen LogP contribution in [0.25, 0.3) is 0 Å². The van der Waals surface area contributed by atoms with Crippen LogP contribution < -0.4 is 5.32 Å². The third-order valence-corrected chi connectivity index (χ3v) is 4.58. The van der Waals surface area contributed by atoms with Gasteiger partial charge >= 0.3 is 0 Å². The number of aryl methyl sites for hydroxylation is 1. The fourth-order valence-corrected chi connectivity index (χ4v) is 3.27. The van der Waals surface area contributed by atoms with E-state index in [-0.39, 0.29) is 5.75 Å². The molecule has 0 bridgehead atoms. The van der Waals surface area contributed by atoms with Crippen molar-refractivity contribution in [1.82, 2.24) is 5.32 Å². The van der Waals surface area contributed by atoms with Crippen LogP contribution in [0.1, 0.15) is 24.0 Å². The van der Waals surface area contributed by atoms with Gasteiger partial charge in [0.1, 0.15) is 17.3 Å². The first-order chi connectivity index (χ1) is 9.51. The quantitative estimate of drug-likeness (QED) is 0.889. The summed E-state index contributed by atoms with van der Waals surface area (Å²) in [5.74, 6) is 1.11. The van der Waals surface area contributed by atoms with Crippen LogP contribution in [0.2, 0.25) is 0 Å². The summed E-state index contributed by atoms with van der Waals surface area (Å²) < 4.78 is 30.1. The molecule has 0 saturated carbocycles. The Bertz CT molecular complexity index is 674. The molecule has 0 unspecified atom stereocenters. The molecule has 20 heavy (non-hydrogen) atoms. The lowest BCUT2D eigenvalue weighted by atomic mass is 10.2. The molecule has 1 N–H and O–H groups in total. The average molecular weight is 293 g/mol. The largest absolute Gasteiger partial charge is 0.464 e. The Labute approximate surface area is 119 Å². The monoisotopic (exact) mass is 293 g/mol. The van der Waals surface area contributed by atoms with Crippen LogP contribution in [0.5, 0.6) is 0 Å². The number of benzene rings is 1. The maximum Gasteiger partial charge on any atom is 0.185 e. The molecule has 0 radical (unpaired) electrons. The fraction of sp³-hybridized carbons (Fsp3) is 0.333. The number of hydrogen-bond acceptors (Lipinski definition) is 4. The Morgan fingerprint density at radius 1 is 1.15 bits per heavy atom. The first-order valence-electron chi connectivity index (χ1n) is 6.59. The molecule has 0 amide bonds. The summed E-state index contributed by atoms with van der Waals surface area (Å²) in [5.41, 5.74) is 0.929. The summed E-state index contributed by atoms with van der Waals surface area (Å²) in [5, 5.41) is 3.14. The van der Waals surface area contributed by atoms with Crippen molar-refractivity contribution in [3.63, 3.8) is 0 Å². The van der Waals surface area contributed by atoms with Crippen LogP contribution >= 0.6 is 0 Å². The minimum atomic E-state index is -3.36. The van der Waals surface area contributed by atoms with E-state index in [0.717, 1.165) is 17.9 Å². The highest BCUT2D eigenvalue weighted by Crippen LogP contribution is 2.19. The number of hydrogen-bond donors (Lipinski definition) is 1. The summed E-state index contributed by atoms with van der Waals surface area (Å²) in [7, 11) is -3.36. The van der Waals surface area contributed by atoms with Crippen molar-refractivity contribution in [2.45, 2.75) is 31.0 Å². The minimum absolute atomic E-state index is 0.109. The average Bonchev–Trinajstić information content (AvgIpc) is 2.83. The zero-order valence-corrected chi connectivity index (χ0v) is 12.5. The molecular formula is C15H19NO3S. The Morgan fingerprint density at radius 3 is 2.60 bits per heavy atom. The zero-order valence-electron chi connectivity index (χ0n) is 11.7. The van der Waals surface area contributed by atoms with Crippen LogP contribution in [-0.4, -0.2) is 15.0 Å². The van der Waals surface area contributed by atoms with Gasteiger partial charge in [-0.3, -0.25) is 0 Å².